The molecule has 35 heavy (non-hydrogen) atoms. The molecule has 0 bridgehead atoms. The molecule has 4 aromatic rings. The van der Waals surface area contributed by atoms with E-state index >= 15 is 0 Å². The molecule has 1 amide bonds. The van der Waals surface area contributed by atoms with Crippen molar-refractivity contribution in [2.75, 3.05) is 12.4 Å². The number of ether oxygens (including phenoxy) is 1. The van der Waals surface area contributed by atoms with Crippen molar-refractivity contribution in [3.63, 3.8) is 0 Å². The third kappa shape index (κ3) is 5.57. The molecule has 0 aliphatic carbocycles. The van der Waals surface area contributed by atoms with Crippen molar-refractivity contribution < 1.29 is 9.53 Å². The SMILES string of the molecule is COc1ccc(Cn2c(SC(C)C(=O)Nc3ccccc3C(C)C)nc3ccccc3c2=O)cc1. The number of fused-ring (bicyclic) bond motifs is 1. The number of thioether (sulfide) groups is 1. The number of amides is 1. The number of hydrogen-bond acceptors (Lipinski definition) is 5. The quantitative estimate of drug-likeness (QED) is 0.255. The molecule has 3 aromatic carbocycles. The Bertz CT molecular complexity index is 1400. The van der Waals surface area contributed by atoms with Crippen LogP contribution < -0.4 is 15.6 Å². The molecule has 1 unspecified atom stereocenters. The molecule has 4 rings (SSSR count). The van der Waals surface area contributed by atoms with Gasteiger partial charge in [0.1, 0.15) is 5.75 Å². The van der Waals surface area contributed by atoms with E-state index in [1.807, 2.05) is 73.7 Å². The molecule has 0 radical (unpaired) electrons. The highest BCUT2D eigenvalue weighted by Gasteiger charge is 2.21. The van der Waals surface area contributed by atoms with Crippen molar-refractivity contribution in [3.05, 3.63) is 94.3 Å². The summed E-state index contributed by atoms with van der Waals surface area (Å²) in [5.74, 6) is 0.895. The summed E-state index contributed by atoms with van der Waals surface area (Å²) < 4.78 is 6.89. The summed E-state index contributed by atoms with van der Waals surface area (Å²) in [7, 11) is 1.62. The topological polar surface area (TPSA) is 73.2 Å². The van der Waals surface area contributed by atoms with Crippen molar-refractivity contribution in [1.82, 2.24) is 9.55 Å². The fraction of sp³-hybridized carbons (Fsp3) is 0.250. The van der Waals surface area contributed by atoms with Crippen LogP contribution in [-0.2, 0) is 11.3 Å². The van der Waals surface area contributed by atoms with E-state index in [0.29, 0.717) is 22.6 Å². The minimum atomic E-state index is -0.467. The minimum absolute atomic E-state index is 0.133. The molecule has 180 valence electrons. The maximum Gasteiger partial charge on any atom is 0.262 e. The van der Waals surface area contributed by atoms with Gasteiger partial charge in [-0.1, -0.05) is 68.1 Å². The standard InChI is InChI=1S/C28H29N3O3S/c1-18(2)22-9-5-7-11-24(22)29-26(32)19(3)35-28-30-25-12-8-6-10-23(25)27(33)31(28)17-20-13-15-21(34-4)16-14-20/h5-16,18-19H,17H2,1-4H3,(H,29,32). The second-order valence-corrected chi connectivity index (χ2v) is 9.95. The molecule has 7 heteroatoms. The Morgan fingerprint density at radius 3 is 2.40 bits per heavy atom. The summed E-state index contributed by atoms with van der Waals surface area (Å²) >= 11 is 1.28. The predicted molar refractivity (Wildman–Crippen MR) is 143 cm³/mol. The van der Waals surface area contributed by atoms with Crippen molar-refractivity contribution in [3.8, 4) is 5.75 Å². The van der Waals surface area contributed by atoms with Crippen LogP contribution in [0.1, 0.15) is 37.8 Å². The summed E-state index contributed by atoms with van der Waals surface area (Å²) in [6, 6.07) is 22.7. The van der Waals surface area contributed by atoms with E-state index in [0.717, 1.165) is 22.6 Å². The molecular weight excluding hydrogens is 458 g/mol. The first-order valence-corrected chi connectivity index (χ1v) is 12.4. The number of para-hydroxylation sites is 2. The van der Waals surface area contributed by atoms with Crippen LogP contribution in [0.2, 0.25) is 0 Å². The van der Waals surface area contributed by atoms with Crippen LogP contribution in [0.15, 0.2) is 82.7 Å². The second kappa shape index (κ2) is 10.8. The highest BCUT2D eigenvalue weighted by Crippen LogP contribution is 2.27. The normalized spacial score (nSPS) is 12.0. The lowest BCUT2D eigenvalue weighted by Crippen LogP contribution is -2.27. The number of benzene rings is 3. The number of hydrogen-bond donors (Lipinski definition) is 1. The lowest BCUT2D eigenvalue weighted by Gasteiger charge is -2.18. The highest BCUT2D eigenvalue weighted by molar-refractivity contribution is 8.00. The Balaban J connectivity index is 1.65. The van der Waals surface area contributed by atoms with Crippen molar-refractivity contribution >= 4 is 34.3 Å². The number of nitrogens with one attached hydrogen (secondary N) is 1. The van der Waals surface area contributed by atoms with E-state index in [2.05, 4.69) is 19.2 Å². The number of carbonyl (C=O) groups excluding carboxylic acids is 1. The summed E-state index contributed by atoms with van der Waals surface area (Å²) in [5.41, 5.74) is 3.31. The summed E-state index contributed by atoms with van der Waals surface area (Å²) in [5, 5.41) is 3.64. The molecule has 0 aliphatic heterocycles. The van der Waals surface area contributed by atoms with Gasteiger partial charge >= 0.3 is 0 Å². The van der Waals surface area contributed by atoms with Crippen molar-refractivity contribution in [1.29, 1.82) is 0 Å². The fourth-order valence-electron chi connectivity index (χ4n) is 3.85. The van der Waals surface area contributed by atoms with Gasteiger partial charge in [-0.15, -0.1) is 0 Å². The average Bonchev–Trinajstić information content (AvgIpc) is 2.87. The van der Waals surface area contributed by atoms with Gasteiger partial charge in [-0.3, -0.25) is 14.2 Å². The molecule has 0 aliphatic rings. The van der Waals surface area contributed by atoms with Crippen LogP contribution >= 0.6 is 11.8 Å². The zero-order valence-corrected chi connectivity index (χ0v) is 21.1. The Kier molecular flexibility index (Phi) is 7.56. The van der Waals surface area contributed by atoms with E-state index in [-0.39, 0.29) is 17.4 Å². The molecular formula is C28H29N3O3S. The zero-order valence-electron chi connectivity index (χ0n) is 20.3. The number of anilines is 1. The van der Waals surface area contributed by atoms with Crippen molar-refractivity contribution in [2.24, 2.45) is 0 Å². The first-order chi connectivity index (χ1) is 16.9. The van der Waals surface area contributed by atoms with Gasteiger partial charge < -0.3 is 10.1 Å². The van der Waals surface area contributed by atoms with Crippen molar-refractivity contribution in [2.45, 2.75) is 43.6 Å². The van der Waals surface area contributed by atoms with Gasteiger partial charge in [0.05, 0.1) is 29.8 Å². The van der Waals surface area contributed by atoms with Gasteiger partial charge in [0.2, 0.25) is 5.91 Å². The van der Waals surface area contributed by atoms with E-state index < -0.39 is 5.25 Å². The van der Waals surface area contributed by atoms with E-state index in [9.17, 15) is 9.59 Å². The number of rotatable bonds is 8. The predicted octanol–water partition coefficient (Wildman–Crippen LogP) is 5.70. The van der Waals surface area contributed by atoms with E-state index in [1.54, 1.807) is 17.7 Å². The monoisotopic (exact) mass is 487 g/mol. The molecule has 6 nitrogen and oxygen atoms in total. The first kappa shape index (κ1) is 24.5. The van der Waals surface area contributed by atoms with Crippen LogP contribution in [0.3, 0.4) is 0 Å². The van der Waals surface area contributed by atoms with Gasteiger partial charge in [0.25, 0.3) is 5.56 Å². The Labute approximate surface area is 209 Å². The highest BCUT2D eigenvalue weighted by atomic mass is 32.2. The van der Waals surface area contributed by atoms with Crippen LogP contribution in [0, 0.1) is 0 Å². The molecule has 1 aromatic heterocycles. The first-order valence-electron chi connectivity index (χ1n) is 11.6. The average molecular weight is 488 g/mol. The van der Waals surface area contributed by atoms with E-state index in [1.165, 1.54) is 11.8 Å². The summed E-state index contributed by atoms with van der Waals surface area (Å²) in [4.78, 5) is 31.3. The maximum atomic E-state index is 13.4. The molecule has 0 saturated carbocycles. The Morgan fingerprint density at radius 2 is 1.69 bits per heavy atom. The lowest BCUT2D eigenvalue weighted by molar-refractivity contribution is -0.115. The zero-order chi connectivity index (χ0) is 24.9. The Hall–Kier alpha value is -3.58. The van der Waals surface area contributed by atoms with Gasteiger partial charge in [-0.25, -0.2) is 4.98 Å². The molecule has 1 N–H and O–H groups in total. The maximum absolute atomic E-state index is 13.4. The third-order valence-corrected chi connectivity index (χ3v) is 6.91. The van der Waals surface area contributed by atoms with Gasteiger partial charge in [-0.05, 0) is 54.3 Å². The number of carbonyl (C=O) groups is 1. The van der Waals surface area contributed by atoms with Crippen LogP contribution in [0.25, 0.3) is 10.9 Å². The van der Waals surface area contributed by atoms with Crippen LogP contribution in [0.4, 0.5) is 5.69 Å². The van der Waals surface area contributed by atoms with Gasteiger partial charge in [0, 0.05) is 5.69 Å². The smallest absolute Gasteiger partial charge is 0.262 e. The third-order valence-electron chi connectivity index (χ3n) is 5.82. The van der Waals surface area contributed by atoms with Crippen LogP contribution in [-0.4, -0.2) is 27.8 Å². The summed E-state index contributed by atoms with van der Waals surface area (Å²) in [6.45, 7) is 6.37. The molecule has 1 heterocycles. The fourth-order valence-corrected chi connectivity index (χ4v) is 4.76. The molecule has 0 fully saturated rings. The molecule has 1 atom stereocenters. The summed E-state index contributed by atoms with van der Waals surface area (Å²) in [6.07, 6.45) is 0. The molecule has 0 saturated heterocycles. The van der Waals surface area contributed by atoms with Crippen LogP contribution in [0.5, 0.6) is 5.75 Å². The number of aromatic nitrogens is 2. The second-order valence-electron chi connectivity index (χ2n) is 8.64. The van der Waals surface area contributed by atoms with Gasteiger partial charge in [0.15, 0.2) is 5.16 Å². The Morgan fingerprint density at radius 1 is 1.00 bits per heavy atom. The number of nitrogens with zero attached hydrogens (tertiary/aromatic N) is 2. The minimum Gasteiger partial charge on any atom is -0.497 e. The van der Waals surface area contributed by atoms with E-state index in [4.69, 9.17) is 9.72 Å². The largest absolute Gasteiger partial charge is 0.497 e. The number of methoxy groups -OCH3 is 1. The van der Waals surface area contributed by atoms with Gasteiger partial charge in [-0.2, -0.15) is 0 Å². The lowest BCUT2D eigenvalue weighted by atomic mass is 10.0. The molecule has 0 spiro atoms.